The molecule has 0 unspecified atom stereocenters. The maximum atomic E-state index is 12.6. The number of methoxy groups -OCH3 is 2. The molecule has 2 atom stereocenters. The SMILES string of the molecule is CC[C@H](C)Oc1c(Br)cc(/C=C2/SC(=O)N([C@@H](C)C(=O)OC)C2=O)cc1OC. The first-order valence-electron chi connectivity index (χ1n) is 8.62. The van der Waals surface area contributed by atoms with Gasteiger partial charge < -0.3 is 14.2 Å². The van der Waals surface area contributed by atoms with Crippen molar-refractivity contribution in [1.82, 2.24) is 4.90 Å². The average molecular weight is 472 g/mol. The highest BCUT2D eigenvalue weighted by Crippen LogP contribution is 2.40. The Labute approximate surface area is 176 Å². The second kappa shape index (κ2) is 9.47. The lowest BCUT2D eigenvalue weighted by molar-refractivity contribution is -0.148. The second-order valence-corrected chi connectivity index (χ2v) is 7.97. The second-order valence-electron chi connectivity index (χ2n) is 6.12. The first-order valence-corrected chi connectivity index (χ1v) is 10.2. The van der Waals surface area contributed by atoms with E-state index in [0.29, 0.717) is 21.5 Å². The van der Waals surface area contributed by atoms with Gasteiger partial charge in [0.15, 0.2) is 11.5 Å². The Bertz CT molecular complexity index is 825. The lowest BCUT2D eigenvalue weighted by Crippen LogP contribution is -2.42. The van der Waals surface area contributed by atoms with Crippen LogP contribution in [0.3, 0.4) is 0 Å². The summed E-state index contributed by atoms with van der Waals surface area (Å²) in [5.41, 5.74) is 0.649. The van der Waals surface area contributed by atoms with Crippen LogP contribution < -0.4 is 9.47 Å². The number of amides is 2. The molecule has 1 aliphatic heterocycles. The molecule has 1 heterocycles. The normalized spacial score (nSPS) is 17.6. The Morgan fingerprint density at radius 2 is 1.96 bits per heavy atom. The van der Waals surface area contributed by atoms with Crippen LogP contribution >= 0.6 is 27.7 Å². The summed E-state index contributed by atoms with van der Waals surface area (Å²) in [6.07, 6.45) is 2.42. The van der Waals surface area contributed by atoms with E-state index in [9.17, 15) is 14.4 Å². The van der Waals surface area contributed by atoms with Gasteiger partial charge >= 0.3 is 5.97 Å². The summed E-state index contributed by atoms with van der Waals surface area (Å²) in [6.45, 7) is 5.43. The average Bonchev–Trinajstić information content (AvgIpc) is 2.95. The molecule has 0 saturated carbocycles. The molecule has 2 rings (SSSR count). The summed E-state index contributed by atoms with van der Waals surface area (Å²) >= 11 is 4.25. The number of ether oxygens (including phenoxy) is 3. The number of hydrogen-bond acceptors (Lipinski definition) is 7. The van der Waals surface area contributed by atoms with E-state index >= 15 is 0 Å². The quantitative estimate of drug-likeness (QED) is 0.434. The minimum Gasteiger partial charge on any atom is -0.493 e. The molecule has 1 saturated heterocycles. The highest BCUT2D eigenvalue weighted by molar-refractivity contribution is 9.10. The maximum absolute atomic E-state index is 12.6. The maximum Gasteiger partial charge on any atom is 0.328 e. The van der Waals surface area contributed by atoms with Crippen molar-refractivity contribution in [1.29, 1.82) is 0 Å². The van der Waals surface area contributed by atoms with E-state index in [4.69, 9.17) is 9.47 Å². The predicted molar refractivity (Wildman–Crippen MR) is 110 cm³/mol. The Morgan fingerprint density at radius 1 is 1.29 bits per heavy atom. The monoisotopic (exact) mass is 471 g/mol. The molecule has 0 aromatic heterocycles. The highest BCUT2D eigenvalue weighted by atomic mass is 79.9. The van der Waals surface area contributed by atoms with E-state index < -0.39 is 23.2 Å². The molecule has 0 bridgehead atoms. The zero-order valence-electron chi connectivity index (χ0n) is 16.3. The standard InChI is InChI=1S/C19H22BrNO6S/c1-6-10(2)27-16-13(20)7-12(8-14(16)25-4)9-15-17(22)21(19(24)28-15)11(3)18(23)26-5/h7-11H,6H2,1-5H3/b15-9+/t10-,11-/m0/s1. The molecule has 0 N–H and O–H groups in total. The number of nitrogens with zero attached hydrogens (tertiary/aromatic N) is 1. The molecule has 7 nitrogen and oxygen atoms in total. The number of carbonyl (C=O) groups excluding carboxylic acids is 3. The fourth-order valence-electron chi connectivity index (χ4n) is 2.46. The Balaban J connectivity index is 2.35. The summed E-state index contributed by atoms with van der Waals surface area (Å²) in [5.74, 6) is -0.119. The topological polar surface area (TPSA) is 82.1 Å². The fourth-order valence-corrected chi connectivity index (χ4v) is 3.92. The summed E-state index contributed by atoms with van der Waals surface area (Å²) < 4.78 is 16.6. The van der Waals surface area contributed by atoms with Crippen molar-refractivity contribution in [3.8, 4) is 11.5 Å². The van der Waals surface area contributed by atoms with Gasteiger partial charge in [0.1, 0.15) is 6.04 Å². The third-order valence-corrected chi connectivity index (χ3v) is 5.67. The Hall–Kier alpha value is -2.00. The van der Waals surface area contributed by atoms with E-state index in [1.54, 1.807) is 18.2 Å². The molecule has 9 heteroatoms. The number of rotatable bonds is 7. The van der Waals surface area contributed by atoms with Crippen molar-refractivity contribution in [2.24, 2.45) is 0 Å². The minimum atomic E-state index is -0.990. The number of hydrogen-bond donors (Lipinski definition) is 0. The lowest BCUT2D eigenvalue weighted by atomic mass is 10.1. The van der Waals surface area contributed by atoms with Gasteiger partial charge in [-0.2, -0.15) is 0 Å². The summed E-state index contributed by atoms with van der Waals surface area (Å²) in [5, 5.41) is -0.517. The zero-order valence-corrected chi connectivity index (χ0v) is 18.7. The van der Waals surface area contributed by atoms with Gasteiger partial charge in [-0.1, -0.05) is 6.92 Å². The van der Waals surface area contributed by atoms with Crippen LogP contribution in [0.15, 0.2) is 21.5 Å². The smallest absolute Gasteiger partial charge is 0.328 e. The van der Waals surface area contributed by atoms with Crippen LogP contribution in [0.4, 0.5) is 4.79 Å². The van der Waals surface area contributed by atoms with Crippen LogP contribution in [0, 0.1) is 0 Å². The van der Waals surface area contributed by atoms with Gasteiger partial charge in [-0.3, -0.25) is 14.5 Å². The van der Waals surface area contributed by atoms with Crippen LogP contribution in [0.25, 0.3) is 6.08 Å². The molecular formula is C19H22BrNO6S. The predicted octanol–water partition coefficient (Wildman–Crippen LogP) is 4.23. The number of thioether (sulfide) groups is 1. The van der Waals surface area contributed by atoms with Crippen LogP contribution in [0.1, 0.15) is 32.8 Å². The van der Waals surface area contributed by atoms with E-state index in [2.05, 4.69) is 20.7 Å². The van der Waals surface area contributed by atoms with Crippen molar-refractivity contribution in [2.75, 3.05) is 14.2 Å². The number of carbonyl (C=O) groups is 3. The lowest BCUT2D eigenvalue weighted by Gasteiger charge is -2.18. The molecule has 0 aliphatic carbocycles. The fraction of sp³-hybridized carbons (Fsp3) is 0.421. The van der Waals surface area contributed by atoms with E-state index in [0.717, 1.165) is 23.1 Å². The molecule has 1 aromatic rings. The van der Waals surface area contributed by atoms with Gasteiger partial charge in [-0.05, 0) is 71.7 Å². The Morgan fingerprint density at radius 3 is 2.54 bits per heavy atom. The van der Waals surface area contributed by atoms with Crippen LogP contribution in [0.5, 0.6) is 11.5 Å². The van der Waals surface area contributed by atoms with Crippen molar-refractivity contribution in [2.45, 2.75) is 39.3 Å². The molecule has 0 spiro atoms. The van der Waals surface area contributed by atoms with Gasteiger partial charge in [-0.15, -0.1) is 0 Å². The Kier molecular flexibility index (Phi) is 7.54. The largest absolute Gasteiger partial charge is 0.493 e. The van der Waals surface area contributed by atoms with Gasteiger partial charge in [0.05, 0.1) is 29.7 Å². The molecule has 1 fully saturated rings. The number of imide groups is 1. The first kappa shape index (κ1) is 22.3. The minimum absolute atomic E-state index is 0.00681. The van der Waals surface area contributed by atoms with E-state index in [-0.39, 0.29) is 11.0 Å². The molecule has 0 radical (unpaired) electrons. The summed E-state index contributed by atoms with van der Waals surface area (Å²) in [7, 11) is 2.74. The molecule has 28 heavy (non-hydrogen) atoms. The molecule has 1 aliphatic rings. The molecule has 2 amide bonds. The van der Waals surface area contributed by atoms with Crippen LogP contribution in [0.2, 0.25) is 0 Å². The third kappa shape index (κ3) is 4.70. The van der Waals surface area contributed by atoms with E-state index in [1.165, 1.54) is 21.1 Å². The number of benzene rings is 1. The zero-order chi connectivity index (χ0) is 21.0. The number of esters is 1. The molecule has 152 valence electrons. The first-order chi connectivity index (χ1) is 13.2. The highest BCUT2D eigenvalue weighted by Gasteiger charge is 2.41. The van der Waals surface area contributed by atoms with Gasteiger partial charge in [-0.25, -0.2) is 4.79 Å². The van der Waals surface area contributed by atoms with Crippen molar-refractivity contribution >= 4 is 50.9 Å². The third-order valence-electron chi connectivity index (χ3n) is 4.20. The molecule has 1 aromatic carbocycles. The summed E-state index contributed by atoms with van der Waals surface area (Å²) in [4.78, 5) is 37.6. The van der Waals surface area contributed by atoms with Crippen molar-refractivity contribution < 1.29 is 28.6 Å². The van der Waals surface area contributed by atoms with Gasteiger partial charge in [0, 0.05) is 0 Å². The van der Waals surface area contributed by atoms with Crippen LogP contribution in [-0.4, -0.2) is 48.4 Å². The molecular weight excluding hydrogens is 450 g/mol. The van der Waals surface area contributed by atoms with Crippen molar-refractivity contribution in [3.05, 3.63) is 27.1 Å². The van der Waals surface area contributed by atoms with Gasteiger partial charge in [0.25, 0.3) is 11.1 Å². The number of halogens is 1. The van der Waals surface area contributed by atoms with Crippen LogP contribution in [-0.2, 0) is 14.3 Å². The summed E-state index contributed by atoms with van der Waals surface area (Å²) in [6, 6.07) is 2.51. The van der Waals surface area contributed by atoms with Gasteiger partial charge in [0.2, 0.25) is 0 Å². The van der Waals surface area contributed by atoms with Crippen molar-refractivity contribution in [3.63, 3.8) is 0 Å². The van der Waals surface area contributed by atoms with E-state index in [1.807, 2.05) is 13.8 Å².